The van der Waals surface area contributed by atoms with E-state index >= 15 is 0 Å². The summed E-state index contributed by atoms with van der Waals surface area (Å²) in [5.41, 5.74) is 1.12. The van der Waals surface area contributed by atoms with E-state index in [4.69, 9.17) is 0 Å². The lowest BCUT2D eigenvalue weighted by Gasteiger charge is -2.28. The molecule has 0 aliphatic rings. The molecule has 28 heavy (non-hydrogen) atoms. The molecule has 0 aliphatic carbocycles. The fraction of sp³-hybridized carbons (Fsp3) is 0.0400. The highest BCUT2D eigenvalue weighted by atomic mass is 79.9. The van der Waals surface area contributed by atoms with E-state index in [1.807, 2.05) is 6.07 Å². The Morgan fingerprint density at radius 2 is 1.04 bits per heavy atom. The minimum atomic E-state index is -1.97. The predicted octanol–water partition coefficient (Wildman–Crippen LogP) is 6.08. The number of rotatable bonds is 5. The molecule has 0 heterocycles. The van der Waals surface area contributed by atoms with Crippen molar-refractivity contribution in [3.8, 4) is 0 Å². The summed E-state index contributed by atoms with van der Waals surface area (Å²) >= 11 is 3.60. The van der Waals surface area contributed by atoms with Gasteiger partial charge in [-0.3, -0.25) is 0 Å². The molecule has 0 saturated carbocycles. The van der Waals surface area contributed by atoms with Crippen molar-refractivity contribution in [2.24, 2.45) is 0 Å². The summed E-state index contributed by atoms with van der Waals surface area (Å²) in [6.07, 6.45) is 0.825. The van der Waals surface area contributed by atoms with Gasteiger partial charge in [-0.25, -0.2) is 4.39 Å². The van der Waals surface area contributed by atoms with Gasteiger partial charge in [0.05, 0.1) is 6.16 Å². The van der Waals surface area contributed by atoms with Gasteiger partial charge in [-0.2, -0.15) is 0 Å². The van der Waals surface area contributed by atoms with Crippen LogP contribution in [0.1, 0.15) is 5.56 Å². The van der Waals surface area contributed by atoms with Gasteiger partial charge in [0.25, 0.3) is 0 Å². The molecule has 4 aromatic rings. The van der Waals surface area contributed by atoms with Gasteiger partial charge in [-0.1, -0.05) is 76.6 Å². The van der Waals surface area contributed by atoms with Crippen LogP contribution in [0.25, 0.3) is 0 Å². The summed E-state index contributed by atoms with van der Waals surface area (Å²) < 4.78 is 14.5. The number of hydrogen-bond acceptors (Lipinski definition) is 0. The molecule has 0 radical (unpaired) electrons. The molecular formula is C25H20BrFP+. The largest absolute Gasteiger partial charge is 0.207 e. The molecule has 0 spiro atoms. The van der Waals surface area contributed by atoms with Gasteiger partial charge in [0, 0.05) is 10.0 Å². The van der Waals surface area contributed by atoms with Crippen LogP contribution >= 0.6 is 23.2 Å². The molecule has 138 valence electrons. The van der Waals surface area contributed by atoms with Crippen LogP contribution in [0.5, 0.6) is 0 Å². The highest BCUT2D eigenvalue weighted by Gasteiger charge is 2.45. The second-order valence-corrected chi connectivity index (χ2v) is 11.0. The minimum Gasteiger partial charge on any atom is -0.207 e. The Hall–Kier alpha value is -2.28. The zero-order valence-corrected chi connectivity index (χ0v) is 17.8. The Labute approximate surface area is 174 Å². The Morgan fingerprint density at radius 1 is 0.607 bits per heavy atom. The van der Waals surface area contributed by atoms with Crippen molar-refractivity contribution in [2.75, 3.05) is 0 Å². The first-order chi connectivity index (χ1) is 13.7. The Morgan fingerprint density at radius 3 is 1.43 bits per heavy atom. The lowest BCUT2D eigenvalue weighted by Crippen LogP contribution is -2.32. The van der Waals surface area contributed by atoms with Gasteiger partial charge >= 0.3 is 0 Å². The number of benzene rings is 4. The third-order valence-corrected chi connectivity index (χ3v) is 10.1. The zero-order valence-electron chi connectivity index (χ0n) is 15.3. The summed E-state index contributed by atoms with van der Waals surface area (Å²) in [6, 6.07) is 37.2. The van der Waals surface area contributed by atoms with Crippen LogP contribution in [0.15, 0.2) is 114 Å². The maximum absolute atomic E-state index is 13.7. The van der Waals surface area contributed by atoms with Crippen LogP contribution in [0.3, 0.4) is 0 Å². The van der Waals surface area contributed by atoms with Crippen molar-refractivity contribution >= 4 is 39.1 Å². The Bertz CT molecular complexity index is 953. The van der Waals surface area contributed by atoms with E-state index in [0.717, 1.165) is 16.2 Å². The number of halogens is 2. The van der Waals surface area contributed by atoms with E-state index in [9.17, 15) is 4.39 Å². The summed E-state index contributed by atoms with van der Waals surface area (Å²) in [6.45, 7) is 0. The highest BCUT2D eigenvalue weighted by Crippen LogP contribution is 2.58. The third-order valence-electron chi connectivity index (χ3n) is 5.01. The minimum absolute atomic E-state index is 0.223. The quantitative estimate of drug-likeness (QED) is 0.323. The molecule has 0 aliphatic heterocycles. The van der Waals surface area contributed by atoms with Crippen LogP contribution in [-0.4, -0.2) is 0 Å². The molecular weight excluding hydrogens is 430 g/mol. The van der Waals surface area contributed by atoms with Crippen molar-refractivity contribution in [3.05, 3.63) is 125 Å². The molecule has 4 aromatic carbocycles. The first-order valence-electron chi connectivity index (χ1n) is 9.19. The first kappa shape index (κ1) is 19.1. The van der Waals surface area contributed by atoms with Gasteiger partial charge in [-0.05, 0) is 48.5 Å². The fourth-order valence-electron chi connectivity index (χ4n) is 3.67. The fourth-order valence-corrected chi connectivity index (χ4v) is 8.65. The normalized spacial score (nSPS) is 11.4. The van der Waals surface area contributed by atoms with E-state index in [0.29, 0.717) is 0 Å². The standard InChI is InChI=1S/C25H20BrFP/c26-25-18-21(27)17-16-20(25)19-28(22-10-4-1-5-11-22,23-12-6-2-7-13-23)24-14-8-3-9-15-24/h1-18H,19H2/q+1. The van der Waals surface area contributed by atoms with Gasteiger partial charge < -0.3 is 0 Å². The molecule has 0 amide bonds. The average molecular weight is 450 g/mol. The second kappa shape index (κ2) is 8.39. The lowest BCUT2D eigenvalue weighted by atomic mass is 10.2. The second-order valence-electron chi connectivity index (χ2n) is 6.71. The Kier molecular flexibility index (Phi) is 5.71. The monoisotopic (exact) mass is 449 g/mol. The van der Waals surface area contributed by atoms with Crippen molar-refractivity contribution in [3.63, 3.8) is 0 Å². The maximum atomic E-state index is 13.7. The topological polar surface area (TPSA) is 0 Å². The molecule has 0 unspecified atom stereocenters. The maximum Gasteiger partial charge on any atom is 0.124 e. The van der Waals surface area contributed by atoms with Crippen molar-refractivity contribution in [1.29, 1.82) is 0 Å². The third kappa shape index (κ3) is 3.68. The van der Waals surface area contributed by atoms with Gasteiger partial charge in [-0.15, -0.1) is 0 Å². The molecule has 3 heteroatoms. The van der Waals surface area contributed by atoms with Gasteiger partial charge in [0.2, 0.25) is 0 Å². The van der Waals surface area contributed by atoms with Crippen molar-refractivity contribution < 1.29 is 4.39 Å². The highest BCUT2D eigenvalue weighted by molar-refractivity contribution is 9.10. The molecule has 0 bridgehead atoms. The van der Waals surface area contributed by atoms with Gasteiger partial charge in [0.15, 0.2) is 0 Å². The molecule has 0 N–H and O–H groups in total. The van der Waals surface area contributed by atoms with Crippen molar-refractivity contribution in [2.45, 2.75) is 6.16 Å². The van der Waals surface area contributed by atoms with E-state index in [-0.39, 0.29) is 5.82 Å². The van der Waals surface area contributed by atoms with Gasteiger partial charge in [0.1, 0.15) is 29.0 Å². The van der Waals surface area contributed by atoms with E-state index in [1.165, 1.54) is 15.9 Å². The average Bonchev–Trinajstić information content (AvgIpc) is 2.75. The summed E-state index contributed by atoms with van der Waals surface area (Å²) in [4.78, 5) is 0. The first-order valence-corrected chi connectivity index (χ1v) is 12.0. The van der Waals surface area contributed by atoms with Crippen LogP contribution in [0.2, 0.25) is 0 Å². The van der Waals surface area contributed by atoms with E-state index in [1.54, 1.807) is 12.1 Å². The number of hydrogen-bond donors (Lipinski definition) is 0. The van der Waals surface area contributed by atoms with E-state index < -0.39 is 7.26 Å². The molecule has 0 aromatic heterocycles. The predicted molar refractivity (Wildman–Crippen MR) is 123 cm³/mol. The van der Waals surface area contributed by atoms with E-state index in [2.05, 4.69) is 107 Å². The lowest BCUT2D eigenvalue weighted by molar-refractivity contribution is 0.626. The summed E-state index contributed by atoms with van der Waals surface area (Å²) in [7, 11) is -1.97. The summed E-state index contributed by atoms with van der Waals surface area (Å²) in [5, 5.41) is 3.97. The zero-order chi connectivity index (χ0) is 19.4. The Balaban J connectivity index is 2.01. The van der Waals surface area contributed by atoms with Crippen molar-refractivity contribution in [1.82, 2.24) is 0 Å². The molecule has 0 saturated heterocycles. The smallest absolute Gasteiger partial charge is 0.124 e. The van der Waals surface area contributed by atoms with Crippen LogP contribution in [-0.2, 0) is 6.16 Å². The molecule has 0 nitrogen and oxygen atoms in total. The molecule has 0 fully saturated rings. The SMILES string of the molecule is Fc1ccc(C[P+](c2ccccc2)(c2ccccc2)c2ccccc2)c(Br)c1. The molecule has 4 rings (SSSR count). The van der Waals surface area contributed by atoms with Crippen LogP contribution in [0.4, 0.5) is 4.39 Å². The van der Waals surface area contributed by atoms with Crippen LogP contribution < -0.4 is 15.9 Å². The summed E-state index contributed by atoms with van der Waals surface area (Å²) in [5.74, 6) is -0.223. The molecule has 0 atom stereocenters. The van der Waals surface area contributed by atoms with Crippen LogP contribution in [0, 0.1) is 5.82 Å².